The van der Waals surface area contributed by atoms with E-state index in [1.807, 2.05) is 6.92 Å². The predicted molar refractivity (Wildman–Crippen MR) is 61.9 cm³/mol. The fourth-order valence-corrected chi connectivity index (χ4v) is 1.45. The van der Waals surface area contributed by atoms with Gasteiger partial charge in [0.1, 0.15) is 11.8 Å². The van der Waals surface area contributed by atoms with E-state index in [2.05, 4.69) is 5.32 Å². The molecule has 0 aliphatic carbocycles. The molecule has 5 nitrogen and oxygen atoms in total. The lowest BCUT2D eigenvalue weighted by molar-refractivity contribution is -0.139. The summed E-state index contributed by atoms with van der Waals surface area (Å²) in [6.45, 7) is 3.69. The highest BCUT2D eigenvalue weighted by atomic mass is 16.4. The molecule has 0 radical (unpaired) electrons. The third-order valence-electron chi connectivity index (χ3n) is 2.41. The summed E-state index contributed by atoms with van der Waals surface area (Å²) < 4.78 is 5.13. The lowest BCUT2D eigenvalue weighted by Gasteiger charge is -2.12. The van der Waals surface area contributed by atoms with E-state index in [1.54, 1.807) is 13.0 Å². The first kappa shape index (κ1) is 13.3. The summed E-state index contributed by atoms with van der Waals surface area (Å²) in [5.74, 6) is -0.738. The molecule has 0 fully saturated rings. The van der Waals surface area contributed by atoms with Gasteiger partial charge in [-0.2, -0.15) is 0 Å². The fraction of sp³-hybridized carbons (Fsp3) is 0.500. The quantitative estimate of drug-likeness (QED) is 0.795. The Bertz CT molecular complexity index is 397. The van der Waals surface area contributed by atoms with Gasteiger partial charge in [0, 0.05) is 0 Å². The molecule has 1 heterocycles. The first-order valence-electron chi connectivity index (χ1n) is 5.64. The summed E-state index contributed by atoms with van der Waals surface area (Å²) >= 11 is 0. The van der Waals surface area contributed by atoms with Crippen molar-refractivity contribution in [3.8, 4) is 0 Å². The molecule has 0 saturated carbocycles. The van der Waals surface area contributed by atoms with Gasteiger partial charge in [-0.1, -0.05) is 19.8 Å². The Kier molecular flexibility index (Phi) is 4.75. The number of amides is 1. The van der Waals surface area contributed by atoms with Gasteiger partial charge < -0.3 is 14.8 Å². The molecule has 1 aromatic rings. The van der Waals surface area contributed by atoms with Crippen molar-refractivity contribution in [1.82, 2.24) is 5.32 Å². The van der Waals surface area contributed by atoms with E-state index in [9.17, 15) is 9.59 Å². The molecule has 0 bridgehead atoms. The average molecular weight is 239 g/mol. The van der Waals surface area contributed by atoms with Crippen LogP contribution >= 0.6 is 0 Å². The molecule has 1 rings (SSSR count). The monoisotopic (exact) mass is 239 g/mol. The Morgan fingerprint density at radius 2 is 2.18 bits per heavy atom. The highest BCUT2D eigenvalue weighted by Gasteiger charge is 2.21. The summed E-state index contributed by atoms with van der Waals surface area (Å²) in [5, 5.41) is 11.4. The normalized spacial score (nSPS) is 12.1. The number of nitrogens with one attached hydrogen (secondary N) is 1. The summed E-state index contributed by atoms with van der Waals surface area (Å²) in [5.41, 5.74) is 0. The molecule has 1 amide bonds. The van der Waals surface area contributed by atoms with E-state index in [0.29, 0.717) is 12.2 Å². The Labute approximate surface area is 99.8 Å². The highest BCUT2D eigenvalue weighted by molar-refractivity contribution is 5.94. The number of unbranched alkanes of at least 4 members (excludes halogenated alkanes) is 1. The number of aliphatic carboxylic acids is 1. The molecule has 1 aromatic heterocycles. The summed E-state index contributed by atoms with van der Waals surface area (Å²) in [6.07, 6.45) is 2.07. The third-order valence-corrected chi connectivity index (χ3v) is 2.41. The zero-order valence-corrected chi connectivity index (χ0v) is 10.0. The molecule has 1 atom stereocenters. The number of carbonyl (C=O) groups is 2. The van der Waals surface area contributed by atoms with Crippen LogP contribution in [-0.2, 0) is 4.79 Å². The standard InChI is InChI=1S/C12H17NO4/c1-3-4-5-9(12(15)16)13-11(14)10-7-6-8(2)17-10/h6-7,9H,3-5H2,1-2H3,(H,13,14)(H,15,16). The molecule has 0 aliphatic rings. The number of carboxylic acid groups (broad SMARTS) is 1. The highest BCUT2D eigenvalue weighted by Crippen LogP contribution is 2.08. The molecule has 94 valence electrons. The molecular formula is C12H17NO4. The Morgan fingerprint density at radius 1 is 1.47 bits per heavy atom. The Morgan fingerprint density at radius 3 is 2.65 bits per heavy atom. The molecule has 2 N–H and O–H groups in total. The van der Waals surface area contributed by atoms with Gasteiger partial charge in [0.15, 0.2) is 5.76 Å². The Hall–Kier alpha value is -1.78. The topological polar surface area (TPSA) is 79.5 Å². The van der Waals surface area contributed by atoms with Crippen LogP contribution in [0.1, 0.15) is 42.5 Å². The number of carbonyl (C=O) groups excluding carboxylic acids is 1. The molecule has 5 heteroatoms. The predicted octanol–water partition coefficient (Wildman–Crippen LogP) is 1.96. The van der Waals surface area contributed by atoms with Crippen molar-refractivity contribution in [2.45, 2.75) is 39.2 Å². The van der Waals surface area contributed by atoms with Gasteiger partial charge in [-0.3, -0.25) is 4.79 Å². The molecule has 0 spiro atoms. The molecule has 0 aromatic carbocycles. The molecule has 17 heavy (non-hydrogen) atoms. The zero-order chi connectivity index (χ0) is 12.8. The molecule has 0 aliphatic heterocycles. The number of rotatable bonds is 6. The van der Waals surface area contributed by atoms with Crippen LogP contribution < -0.4 is 5.32 Å². The number of hydrogen-bond acceptors (Lipinski definition) is 3. The second kappa shape index (κ2) is 6.08. The molecule has 0 saturated heterocycles. The van der Waals surface area contributed by atoms with Crippen LogP contribution in [0.3, 0.4) is 0 Å². The van der Waals surface area contributed by atoms with Gasteiger partial charge >= 0.3 is 5.97 Å². The average Bonchev–Trinajstić information content (AvgIpc) is 2.70. The number of carboxylic acids is 1. The lowest BCUT2D eigenvalue weighted by Crippen LogP contribution is -2.40. The van der Waals surface area contributed by atoms with Crippen LogP contribution in [0, 0.1) is 6.92 Å². The number of furan rings is 1. The van der Waals surface area contributed by atoms with Gasteiger partial charge in [0.2, 0.25) is 0 Å². The third kappa shape index (κ3) is 3.94. The minimum atomic E-state index is -1.02. The first-order valence-corrected chi connectivity index (χ1v) is 5.64. The van der Waals surface area contributed by atoms with Crippen LogP contribution in [0.4, 0.5) is 0 Å². The van der Waals surface area contributed by atoms with Crippen LogP contribution in [-0.4, -0.2) is 23.0 Å². The number of aryl methyl sites for hydroxylation is 1. The fourth-order valence-electron chi connectivity index (χ4n) is 1.45. The van der Waals surface area contributed by atoms with Crippen LogP contribution in [0.5, 0.6) is 0 Å². The van der Waals surface area contributed by atoms with Crippen molar-refractivity contribution in [1.29, 1.82) is 0 Å². The minimum Gasteiger partial charge on any atom is -0.480 e. The maximum Gasteiger partial charge on any atom is 0.326 e. The van der Waals surface area contributed by atoms with Crippen molar-refractivity contribution in [3.63, 3.8) is 0 Å². The van der Waals surface area contributed by atoms with Crippen molar-refractivity contribution >= 4 is 11.9 Å². The van der Waals surface area contributed by atoms with E-state index in [0.717, 1.165) is 12.8 Å². The second-order valence-electron chi connectivity index (χ2n) is 3.92. The second-order valence-corrected chi connectivity index (χ2v) is 3.92. The van der Waals surface area contributed by atoms with Gasteiger partial charge in [-0.05, 0) is 25.5 Å². The van der Waals surface area contributed by atoms with Crippen molar-refractivity contribution in [2.24, 2.45) is 0 Å². The van der Waals surface area contributed by atoms with Gasteiger partial charge in [0.25, 0.3) is 5.91 Å². The van der Waals surface area contributed by atoms with Crippen molar-refractivity contribution < 1.29 is 19.1 Å². The van der Waals surface area contributed by atoms with Crippen molar-refractivity contribution in [2.75, 3.05) is 0 Å². The van der Waals surface area contributed by atoms with Crippen LogP contribution in [0.2, 0.25) is 0 Å². The molecule has 1 unspecified atom stereocenters. The van der Waals surface area contributed by atoms with Gasteiger partial charge in [-0.15, -0.1) is 0 Å². The Balaban J connectivity index is 2.60. The van der Waals surface area contributed by atoms with E-state index < -0.39 is 17.9 Å². The van der Waals surface area contributed by atoms with E-state index in [4.69, 9.17) is 9.52 Å². The van der Waals surface area contributed by atoms with E-state index in [1.165, 1.54) is 6.07 Å². The SMILES string of the molecule is CCCCC(NC(=O)c1ccc(C)o1)C(=O)O. The summed E-state index contributed by atoms with van der Waals surface area (Å²) in [7, 11) is 0. The van der Waals surface area contributed by atoms with Gasteiger partial charge in [-0.25, -0.2) is 4.79 Å². The van der Waals surface area contributed by atoms with Gasteiger partial charge in [0.05, 0.1) is 0 Å². The summed E-state index contributed by atoms with van der Waals surface area (Å²) in [6, 6.07) is 2.34. The first-order chi connectivity index (χ1) is 8.04. The lowest BCUT2D eigenvalue weighted by atomic mass is 10.1. The summed E-state index contributed by atoms with van der Waals surface area (Å²) in [4.78, 5) is 22.6. The molecular weight excluding hydrogens is 222 g/mol. The smallest absolute Gasteiger partial charge is 0.326 e. The minimum absolute atomic E-state index is 0.144. The number of hydrogen-bond donors (Lipinski definition) is 2. The van der Waals surface area contributed by atoms with E-state index >= 15 is 0 Å². The largest absolute Gasteiger partial charge is 0.480 e. The van der Waals surface area contributed by atoms with Crippen LogP contribution in [0.15, 0.2) is 16.5 Å². The zero-order valence-electron chi connectivity index (χ0n) is 10.0. The van der Waals surface area contributed by atoms with Crippen LogP contribution in [0.25, 0.3) is 0 Å². The maximum atomic E-state index is 11.7. The van der Waals surface area contributed by atoms with E-state index in [-0.39, 0.29) is 5.76 Å². The van der Waals surface area contributed by atoms with Crippen molar-refractivity contribution in [3.05, 3.63) is 23.7 Å². The maximum absolute atomic E-state index is 11.7.